The predicted molar refractivity (Wildman–Crippen MR) is 156 cm³/mol. The van der Waals surface area contributed by atoms with Crippen LogP contribution in [0.5, 0.6) is 0 Å². The molecule has 0 saturated heterocycles. The first-order chi connectivity index (χ1) is 17.3. The Hall–Kier alpha value is -3.48. The molecule has 0 aliphatic heterocycles. The maximum Gasteiger partial charge on any atom is 0.177 e. The molecule has 0 aliphatic rings. The van der Waals surface area contributed by atoms with Crippen molar-refractivity contribution in [3.63, 3.8) is 0 Å². The lowest BCUT2D eigenvalue weighted by Crippen LogP contribution is -2.43. The van der Waals surface area contributed by atoms with E-state index >= 15 is 0 Å². The number of furan rings is 2. The summed E-state index contributed by atoms with van der Waals surface area (Å²) in [4.78, 5) is 0. The van der Waals surface area contributed by atoms with Crippen LogP contribution in [0.15, 0.2) is 75.8 Å². The fraction of sp³-hybridized carbons (Fsp3) is 0.273. The van der Waals surface area contributed by atoms with Crippen molar-refractivity contribution >= 4 is 62.3 Å². The molecule has 180 valence electrons. The molecule has 0 bridgehead atoms. The molecule has 0 saturated carbocycles. The molecule has 0 N–H and O–H groups in total. The van der Waals surface area contributed by atoms with Crippen molar-refractivity contribution in [3.8, 4) is 11.5 Å². The summed E-state index contributed by atoms with van der Waals surface area (Å²) >= 11 is 0. The third kappa shape index (κ3) is 3.25. The predicted octanol–water partition coefficient (Wildman–Crippen LogP) is 10.2. The zero-order valence-electron chi connectivity index (χ0n) is 21.9. The van der Waals surface area contributed by atoms with Crippen molar-refractivity contribution in [1.29, 1.82) is 0 Å². The molecule has 2 aromatic heterocycles. The van der Waals surface area contributed by atoms with Gasteiger partial charge in [0.15, 0.2) is 5.76 Å². The van der Waals surface area contributed by atoms with Crippen molar-refractivity contribution in [3.05, 3.63) is 72.7 Å². The third-order valence-electron chi connectivity index (χ3n) is 8.39. The molecule has 2 nitrogen and oxygen atoms in total. The number of hydrogen-bond donors (Lipinski definition) is 0. The summed E-state index contributed by atoms with van der Waals surface area (Å²) in [5, 5.41) is 9.73. The van der Waals surface area contributed by atoms with E-state index in [0.717, 1.165) is 27.7 Å². The van der Waals surface area contributed by atoms with Crippen LogP contribution in [0.25, 0.3) is 54.3 Å². The first-order valence-corrected chi connectivity index (χ1v) is 15.3. The standard InChI is InChI=1S/C33H32O2Si/c1-20(2)36(21(3)4,22(5)6)18-16-23-19-31-29-10-8-24-25(27(29)12-14-33(31)35-23)7-9-28-26(24)11-13-32-30(28)15-17-34-32/h7-15,17,19-22H,1-6H3. The van der Waals surface area contributed by atoms with Gasteiger partial charge in [0, 0.05) is 16.8 Å². The second kappa shape index (κ2) is 8.29. The number of hydrogen-bond acceptors (Lipinski definition) is 2. The molecule has 0 radical (unpaired) electrons. The fourth-order valence-electron chi connectivity index (χ4n) is 6.68. The van der Waals surface area contributed by atoms with Crippen LogP contribution < -0.4 is 0 Å². The second-order valence-electron chi connectivity index (χ2n) is 11.0. The van der Waals surface area contributed by atoms with Gasteiger partial charge >= 0.3 is 0 Å². The first kappa shape index (κ1) is 22.9. The first-order valence-electron chi connectivity index (χ1n) is 13.0. The zero-order valence-corrected chi connectivity index (χ0v) is 22.9. The highest BCUT2D eigenvalue weighted by Crippen LogP contribution is 2.41. The monoisotopic (exact) mass is 488 g/mol. The summed E-state index contributed by atoms with van der Waals surface area (Å²) in [5.74, 6) is 4.27. The smallest absolute Gasteiger partial charge is 0.177 e. The van der Waals surface area contributed by atoms with Crippen molar-refractivity contribution in [2.75, 3.05) is 0 Å². The van der Waals surface area contributed by atoms with Gasteiger partial charge in [0.25, 0.3) is 0 Å². The van der Waals surface area contributed by atoms with E-state index in [9.17, 15) is 0 Å². The maximum atomic E-state index is 6.27. The highest BCUT2D eigenvalue weighted by molar-refractivity contribution is 6.90. The van der Waals surface area contributed by atoms with Crippen molar-refractivity contribution in [2.45, 2.75) is 58.2 Å². The average Bonchev–Trinajstić information content (AvgIpc) is 3.50. The molecule has 6 rings (SSSR count). The number of benzene rings is 4. The zero-order chi connectivity index (χ0) is 25.2. The number of fused-ring (bicyclic) bond motifs is 9. The van der Waals surface area contributed by atoms with Gasteiger partial charge in [-0.05, 0) is 73.1 Å². The number of rotatable bonds is 3. The molecule has 0 amide bonds. The van der Waals surface area contributed by atoms with Crippen LogP contribution >= 0.6 is 0 Å². The van der Waals surface area contributed by atoms with Crippen molar-refractivity contribution in [2.24, 2.45) is 0 Å². The summed E-state index contributed by atoms with van der Waals surface area (Å²) in [6, 6.07) is 21.7. The minimum absolute atomic E-state index is 0.597. The minimum Gasteiger partial charge on any atom is -0.464 e. The molecular weight excluding hydrogens is 456 g/mol. The van der Waals surface area contributed by atoms with E-state index in [2.05, 4.69) is 114 Å². The molecular formula is C33H32O2Si. The summed E-state index contributed by atoms with van der Waals surface area (Å²) < 4.78 is 11.9. The highest BCUT2D eigenvalue weighted by atomic mass is 28.3. The molecule has 4 aromatic carbocycles. The fourth-order valence-corrected chi connectivity index (χ4v) is 11.9. The molecule has 0 aliphatic carbocycles. The SMILES string of the molecule is CC(C)[Si](C#Cc1cc2c(ccc3c2ccc2c4ccc5occc5c4ccc32)o1)(C(C)C)C(C)C. The molecule has 3 heteroatoms. The topological polar surface area (TPSA) is 26.3 Å². The lowest BCUT2D eigenvalue weighted by Gasteiger charge is -2.37. The molecule has 0 unspecified atom stereocenters. The Morgan fingerprint density at radius 3 is 1.58 bits per heavy atom. The van der Waals surface area contributed by atoms with Crippen molar-refractivity contribution in [1.82, 2.24) is 0 Å². The Kier molecular flexibility index (Phi) is 5.28. The average molecular weight is 489 g/mol. The van der Waals surface area contributed by atoms with Crippen LogP contribution in [0, 0.1) is 11.5 Å². The summed E-state index contributed by atoms with van der Waals surface area (Å²) in [6.45, 7) is 14.1. The van der Waals surface area contributed by atoms with E-state index in [1.165, 1.54) is 32.3 Å². The summed E-state index contributed by atoms with van der Waals surface area (Å²) in [5.41, 5.74) is 7.42. The van der Waals surface area contributed by atoms with Crippen LogP contribution in [-0.2, 0) is 0 Å². The van der Waals surface area contributed by atoms with Crippen LogP contribution in [0.3, 0.4) is 0 Å². The lowest BCUT2D eigenvalue weighted by molar-refractivity contribution is 0.601. The van der Waals surface area contributed by atoms with Crippen LogP contribution in [0.1, 0.15) is 47.3 Å². The lowest BCUT2D eigenvalue weighted by atomic mass is 9.95. The van der Waals surface area contributed by atoms with E-state index in [4.69, 9.17) is 8.83 Å². The van der Waals surface area contributed by atoms with Gasteiger partial charge in [-0.15, -0.1) is 5.54 Å². The van der Waals surface area contributed by atoms with Gasteiger partial charge < -0.3 is 8.83 Å². The van der Waals surface area contributed by atoms with E-state index < -0.39 is 8.07 Å². The Morgan fingerprint density at radius 1 is 0.556 bits per heavy atom. The Morgan fingerprint density at radius 2 is 1.03 bits per heavy atom. The highest BCUT2D eigenvalue weighted by Gasteiger charge is 2.41. The van der Waals surface area contributed by atoms with E-state index in [1.54, 1.807) is 6.26 Å². The Labute approximate surface area is 213 Å². The van der Waals surface area contributed by atoms with Crippen molar-refractivity contribution < 1.29 is 8.83 Å². The molecule has 36 heavy (non-hydrogen) atoms. The molecule has 0 fully saturated rings. The van der Waals surface area contributed by atoms with Gasteiger partial charge in [-0.25, -0.2) is 0 Å². The minimum atomic E-state index is -1.82. The Bertz CT molecular complexity index is 1810. The van der Waals surface area contributed by atoms with E-state index in [-0.39, 0.29) is 0 Å². The molecule has 6 aromatic rings. The van der Waals surface area contributed by atoms with E-state index in [1.807, 2.05) is 0 Å². The quantitative estimate of drug-likeness (QED) is 0.141. The van der Waals surface area contributed by atoms with Crippen LogP contribution in [0.2, 0.25) is 16.6 Å². The Balaban J connectivity index is 1.53. The molecule has 0 atom stereocenters. The van der Waals surface area contributed by atoms with Gasteiger partial charge in [-0.1, -0.05) is 77.9 Å². The summed E-state index contributed by atoms with van der Waals surface area (Å²) in [7, 11) is -1.82. The largest absolute Gasteiger partial charge is 0.464 e. The van der Waals surface area contributed by atoms with Crippen LogP contribution in [0.4, 0.5) is 0 Å². The van der Waals surface area contributed by atoms with E-state index in [0.29, 0.717) is 16.6 Å². The van der Waals surface area contributed by atoms with Gasteiger partial charge in [0.2, 0.25) is 0 Å². The van der Waals surface area contributed by atoms with Gasteiger partial charge in [0.1, 0.15) is 19.2 Å². The van der Waals surface area contributed by atoms with Gasteiger partial charge in [-0.3, -0.25) is 0 Å². The third-order valence-corrected chi connectivity index (χ3v) is 14.7. The van der Waals surface area contributed by atoms with Crippen LogP contribution in [-0.4, -0.2) is 8.07 Å². The normalized spacial score (nSPS) is 12.7. The molecule has 0 spiro atoms. The molecule has 2 heterocycles. The van der Waals surface area contributed by atoms with Gasteiger partial charge in [-0.2, -0.15) is 0 Å². The maximum absolute atomic E-state index is 6.27. The van der Waals surface area contributed by atoms with Gasteiger partial charge in [0.05, 0.1) is 6.26 Å². The second-order valence-corrected chi connectivity index (χ2v) is 16.6. The summed E-state index contributed by atoms with van der Waals surface area (Å²) in [6.07, 6.45) is 1.76.